The fourth-order valence-electron chi connectivity index (χ4n) is 2.48. The van der Waals surface area contributed by atoms with Gasteiger partial charge >= 0.3 is 0 Å². The first-order valence-electron chi connectivity index (χ1n) is 7.65. The van der Waals surface area contributed by atoms with Crippen LogP contribution in [0.3, 0.4) is 0 Å². The summed E-state index contributed by atoms with van der Waals surface area (Å²) in [6, 6.07) is 6.83. The molecule has 1 aliphatic rings. The van der Waals surface area contributed by atoms with Crippen molar-refractivity contribution in [1.82, 2.24) is 15.1 Å². The molecule has 1 saturated heterocycles. The molecule has 1 aromatic carbocycles. The number of carbonyl (C=O) groups excluding carboxylic acids is 2. The summed E-state index contributed by atoms with van der Waals surface area (Å²) >= 11 is 5.84. The minimum absolute atomic E-state index is 0.0627. The highest BCUT2D eigenvalue weighted by Crippen LogP contribution is 2.12. The lowest BCUT2D eigenvalue weighted by molar-refractivity contribution is -0.131. The van der Waals surface area contributed by atoms with Gasteiger partial charge in [0.1, 0.15) is 0 Å². The Morgan fingerprint density at radius 2 is 1.86 bits per heavy atom. The van der Waals surface area contributed by atoms with Gasteiger partial charge < -0.3 is 15.1 Å². The first-order valence-corrected chi connectivity index (χ1v) is 8.03. The van der Waals surface area contributed by atoms with Crippen LogP contribution >= 0.6 is 11.6 Å². The van der Waals surface area contributed by atoms with Crippen LogP contribution in [0.1, 0.15) is 23.7 Å². The fraction of sp³-hybridized carbons (Fsp3) is 0.500. The average molecular weight is 324 g/mol. The highest BCUT2D eigenvalue weighted by Gasteiger charge is 2.19. The zero-order valence-electron chi connectivity index (χ0n) is 12.8. The molecule has 1 aliphatic heterocycles. The summed E-state index contributed by atoms with van der Waals surface area (Å²) in [5, 5.41) is 3.83. The number of rotatable bonds is 5. The Morgan fingerprint density at radius 1 is 1.23 bits per heavy atom. The van der Waals surface area contributed by atoms with Crippen molar-refractivity contribution in [3.05, 3.63) is 34.9 Å². The Labute approximate surface area is 136 Å². The van der Waals surface area contributed by atoms with Crippen molar-refractivity contribution in [3.8, 4) is 0 Å². The number of hydrogen-bond acceptors (Lipinski definition) is 3. The molecule has 22 heavy (non-hydrogen) atoms. The maximum atomic E-state index is 12.4. The largest absolute Gasteiger partial charge is 0.340 e. The molecule has 0 unspecified atom stereocenters. The van der Waals surface area contributed by atoms with Gasteiger partial charge in [-0.25, -0.2) is 0 Å². The molecule has 0 saturated carbocycles. The summed E-state index contributed by atoms with van der Waals surface area (Å²) in [4.78, 5) is 28.1. The molecule has 5 nitrogen and oxygen atoms in total. The van der Waals surface area contributed by atoms with Gasteiger partial charge in [-0.05, 0) is 31.2 Å². The molecule has 0 bridgehead atoms. The van der Waals surface area contributed by atoms with E-state index in [1.54, 1.807) is 29.2 Å². The lowest BCUT2D eigenvalue weighted by atomic mass is 10.2. The molecule has 1 N–H and O–H groups in total. The zero-order valence-corrected chi connectivity index (χ0v) is 13.6. The quantitative estimate of drug-likeness (QED) is 0.896. The van der Waals surface area contributed by atoms with Crippen LogP contribution < -0.4 is 5.32 Å². The summed E-state index contributed by atoms with van der Waals surface area (Å²) in [6.45, 7) is 6.12. The highest BCUT2D eigenvalue weighted by atomic mass is 35.5. The Kier molecular flexibility index (Phi) is 6.21. The summed E-state index contributed by atoms with van der Waals surface area (Å²) in [7, 11) is 0. The second-order valence-electron chi connectivity index (χ2n) is 5.27. The minimum atomic E-state index is -0.0627. The predicted molar refractivity (Wildman–Crippen MR) is 87.1 cm³/mol. The summed E-state index contributed by atoms with van der Waals surface area (Å²) < 4.78 is 0. The van der Waals surface area contributed by atoms with E-state index in [1.165, 1.54) is 0 Å². The van der Waals surface area contributed by atoms with Gasteiger partial charge in [0.05, 0.1) is 0 Å². The number of benzene rings is 1. The van der Waals surface area contributed by atoms with E-state index in [4.69, 9.17) is 11.6 Å². The third-order valence-corrected chi connectivity index (χ3v) is 4.08. The Morgan fingerprint density at radius 3 is 2.45 bits per heavy atom. The summed E-state index contributed by atoms with van der Waals surface area (Å²) in [5.74, 6) is 0.0520. The monoisotopic (exact) mass is 323 g/mol. The van der Waals surface area contributed by atoms with Gasteiger partial charge in [0.2, 0.25) is 5.91 Å². The molecule has 0 radical (unpaired) electrons. The van der Waals surface area contributed by atoms with Gasteiger partial charge in [-0.1, -0.05) is 11.6 Å². The number of halogens is 1. The van der Waals surface area contributed by atoms with Gasteiger partial charge in [0, 0.05) is 56.3 Å². The van der Waals surface area contributed by atoms with Crippen molar-refractivity contribution in [2.45, 2.75) is 13.3 Å². The van der Waals surface area contributed by atoms with Crippen molar-refractivity contribution >= 4 is 23.4 Å². The number of nitrogens with zero attached hydrogens (tertiary/aromatic N) is 2. The second kappa shape index (κ2) is 8.15. The van der Waals surface area contributed by atoms with E-state index in [-0.39, 0.29) is 11.8 Å². The van der Waals surface area contributed by atoms with Crippen LogP contribution in [-0.2, 0) is 4.79 Å². The van der Waals surface area contributed by atoms with Gasteiger partial charge in [-0.2, -0.15) is 0 Å². The molecule has 2 amide bonds. The Balaban J connectivity index is 1.89. The topological polar surface area (TPSA) is 52.7 Å². The third kappa shape index (κ3) is 4.45. The number of amides is 2. The van der Waals surface area contributed by atoms with E-state index >= 15 is 0 Å². The van der Waals surface area contributed by atoms with Crippen LogP contribution in [-0.4, -0.2) is 60.9 Å². The van der Waals surface area contributed by atoms with E-state index in [1.807, 2.05) is 11.8 Å². The van der Waals surface area contributed by atoms with Gasteiger partial charge in [0.15, 0.2) is 0 Å². The molecule has 0 aromatic heterocycles. The van der Waals surface area contributed by atoms with E-state index in [9.17, 15) is 9.59 Å². The van der Waals surface area contributed by atoms with Crippen LogP contribution in [0.25, 0.3) is 0 Å². The van der Waals surface area contributed by atoms with Gasteiger partial charge in [-0.3, -0.25) is 9.59 Å². The average Bonchev–Trinajstić information content (AvgIpc) is 2.56. The number of carbonyl (C=O) groups is 2. The first kappa shape index (κ1) is 16.8. The SMILES string of the molecule is CCN(CCC(=O)N1CCNCC1)C(=O)c1ccc(Cl)cc1. The van der Waals surface area contributed by atoms with Crippen molar-refractivity contribution in [2.24, 2.45) is 0 Å². The molecule has 0 aliphatic carbocycles. The molecule has 1 heterocycles. The Hall–Kier alpha value is -1.59. The molecule has 120 valence electrons. The fourth-order valence-corrected chi connectivity index (χ4v) is 2.61. The first-order chi connectivity index (χ1) is 10.6. The standard InChI is InChI=1S/C16H22ClN3O2/c1-2-19(16(22)13-3-5-14(17)6-4-13)10-7-15(21)20-11-8-18-9-12-20/h3-6,18H,2,7-12H2,1H3. The molecule has 6 heteroatoms. The highest BCUT2D eigenvalue weighted by molar-refractivity contribution is 6.30. The molecule has 2 rings (SSSR count). The maximum absolute atomic E-state index is 12.4. The normalized spacial score (nSPS) is 14.7. The van der Waals surface area contributed by atoms with E-state index in [0.29, 0.717) is 30.1 Å². The van der Waals surface area contributed by atoms with Crippen LogP contribution in [0.15, 0.2) is 24.3 Å². The van der Waals surface area contributed by atoms with Crippen molar-refractivity contribution in [1.29, 1.82) is 0 Å². The van der Waals surface area contributed by atoms with Crippen LogP contribution in [0.2, 0.25) is 5.02 Å². The van der Waals surface area contributed by atoms with E-state index in [0.717, 1.165) is 26.2 Å². The smallest absolute Gasteiger partial charge is 0.253 e. The number of hydrogen-bond donors (Lipinski definition) is 1. The van der Waals surface area contributed by atoms with Crippen molar-refractivity contribution in [3.63, 3.8) is 0 Å². The number of nitrogens with one attached hydrogen (secondary N) is 1. The lowest BCUT2D eigenvalue weighted by Crippen LogP contribution is -2.47. The molecule has 1 fully saturated rings. The van der Waals surface area contributed by atoms with Gasteiger partial charge in [0.25, 0.3) is 5.91 Å². The molecule has 0 spiro atoms. The van der Waals surface area contributed by atoms with Gasteiger partial charge in [-0.15, -0.1) is 0 Å². The molecule has 0 atom stereocenters. The second-order valence-corrected chi connectivity index (χ2v) is 5.71. The molecular weight excluding hydrogens is 302 g/mol. The van der Waals surface area contributed by atoms with Crippen LogP contribution in [0.4, 0.5) is 0 Å². The summed E-state index contributed by atoms with van der Waals surface area (Å²) in [5.41, 5.74) is 0.598. The van der Waals surface area contributed by atoms with Crippen LogP contribution in [0, 0.1) is 0 Å². The van der Waals surface area contributed by atoms with E-state index < -0.39 is 0 Å². The minimum Gasteiger partial charge on any atom is -0.340 e. The molecular formula is C16H22ClN3O2. The molecule has 1 aromatic rings. The van der Waals surface area contributed by atoms with E-state index in [2.05, 4.69) is 5.32 Å². The lowest BCUT2D eigenvalue weighted by Gasteiger charge is -2.28. The third-order valence-electron chi connectivity index (χ3n) is 3.83. The maximum Gasteiger partial charge on any atom is 0.253 e. The van der Waals surface area contributed by atoms with Crippen LogP contribution in [0.5, 0.6) is 0 Å². The zero-order chi connectivity index (χ0) is 15.9. The Bertz CT molecular complexity index is 513. The van der Waals surface area contributed by atoms with Crippen molar-refractivity contribution in [2.75, 3.05) is 39.3 Å². The predicted octanol–water partition coefficient (Wildman–Crippen LogP) is 1.62. The summed E-state index contributed by atoms with van der Waals surface area (Å²) in [6.07, 6.45) is 0.368. The number of piperazine rings is 1. The van der Waals surface area contributed by atoms with Crippen molar-refractivity contribution < 1.29 is 9.59 Å².